The molecule has 0 fully saturated rings. The van der Waals surface area contributed by atoms with E-state index in [2.05, 4.69) is 0 Å². The van der Waals surface area contributed by atoms with Gasteiger partial charge in [-0.3, -0.25) is 0 Å². The third-order valence-electron chi connectivity index (χ3n) is 2.23. The Labute approximate surface area is 100 Å². The summed E-state index contributed by atoms with van der Waals surface area (Å²) >= 11 is 0. The van der Waals surface area contributed by atoms with Gasteiger partial charge in [0.25, 0.3) is 0 Å². The summed E-state index contributed by atoms with van der Waals surface area (Å²) in [6.07, 6.45) is 1.26. The minimum atomic E-state index is -0.445. The van der Waals surface area contributed by atoms with Gasteiger partial charge in [-0.05, 0) is 25.0 Å². The normalized spacial score (nSPS) is 10.0. The Balaban J connectivity index is 2.62. The van der Waals surface area contributed by atoms with Gasteiger partial charge in [0.05, 0.1) is 13.7 Å². The van der Waals surface area contributed by atoms with Gasteiger partial charge in [-0.25, -0.2) is 4.79 Å². The van der Waals surface area contributed by atoms with E-state index in [9.17, 15) is 4.79 Å². The monoisotopic (exact) mass is 239 g/mol. The number of rotatable bonds is 6. The smallest absolute Gasteiger partial charge is 0.341 e. The molecule has 0 aromatic heterocycles. The number of nitrogen functional groups attached to an aromatic ring is 1. The number of unbranched alkanes of at least 4 members (excludes halogenated alkanes) is 1. The topological polar surface area (TPSA) is 81.8 Å². The summed E-state index contributed by atoms with van der Waals surface area (Å²) in [5, 5.41) is 8.59. The minimum absolute atomic E-state index is 0.0999. The summed E-state index contributed by atoms with van der Waals surface area (Å²) < 4.78 is 10.1. The minimum Gasteiger partial charge on any atom is -0.496 e. The van der Waals surface area contributed by atoms with Gasteiger partial charge < -0.3 is 20.3 Å². The highest BCUT2D eigenvalue weighted by Gasteiger charge is 2.13. The molecule has 0 aliphatic rings. The molecule has 1 aromatic carbocycles. The Morgan fingerprint density at radius 2 is 2.18 bits per heavy atom. The second-order valence-corrected chi connectivity index (χ2v) is 3.53. The van der Waals surface area contributed by atoms with Crippen molar-refractivity contribution in [2.45, 2.75) is 12.8 Å². The predicted octanol–water partition coefficient (Wildman–Crippen LogP) is 1.21. The standard InChI is InChI=1S/C12H17NO4/c1-16-11-8-9(13)4-5-10(11)12(15)17-7-3-2-6-14/h4-5,8,14H,2-3,6-7,13H2,1H3. The van der Waals surface area contributed by atoms with Crippen LogP contribution < -0.4 is 10.5 Å². The van der Waals surface area contributed by atoms with E-state index in [0.717, 1.165) is 0 Å². The number of hydrogen-bond acceptors (Lipinski definition) is 5. The average Bonchev–Trinajstić information content (AvgIpc) is 2.34. The molecular weight excluding hydrogens is 222 g/mol. The van der Waals surface area contributed by atoms with Crippen molar-refractivity contribution in [2.24, 2.45) is 0 Å². The molecule has 0 radical (unpaired) electrons. The van der Waals surface area contributed by atoms with Crippen LogP contribution in [0.3, 0.4) is 0 Å². The first-order valence-electron chi connectivity index (χ1n) is 5.40. The zero-order valence-electron chi connectivity index (χ0n) is 9.81. The van der Waals surface area contributed by atoms with E-state index in [-0.39, 0.29) is 13.2 Å². The third-order valence-corrected chi connectivity index (χ3v) is 2.23. The van der Waals surface area contributed by atoms with E-state index in [0.29, 0.717) is 29.8 Å². The highest BCUT2D eigenvalue weighted by molar-refractivity contribution is 5.93. The van der Waals surface area contributed by atoms with E-state index < -0.39 is 5.97 Å². The van der Waals surface area contributed by atoms with Crippen LogP contribution in [0.15, 0.2) is 18.2 Å². The lowest BCUT2D eigenvalue weighted by Crippen LogP contribution is -2.08. The molecular formula is C12H17NO4. The van der Waals surface area contributed by atoms with Crippen molar-refractivity contribution in [3.63, 3.8) is 0 Å². The third kappa shape index (κ3) is 3.96. The fourth-order valence-electron chi connectivity index (χ4n) is 1.33. The second-order valence-electron chi connectivity index (χ2n) is 3.53. The van der Waals surface area contributed by atoms with Crippen molar-refractivity contribution in [3.8, 4) is 5.75 Å². The maximum Gasteiger partial charge on any atom is 0.341 e. The van der Waals surface area contributed by atoms with Crippen molar-refractivity contribution in [1.82, 2.24) is 0 Å². The van der Waals surface area contributed by atoms with Crippen LogP contribution in [0.2, 0.25) is 0 Å². The molecule has 0 aliphatic carbocycles. The summed E-state index contributed by atoms with van der Waals surface area (Å²) in [5.74, 6) is -0.0445. The number of benzene rings is 1. The number of methoxy groups -OCH3 is 1. The van der Waals surface area contributed by atoms with Gasteiger partial charge in [0.1, 0.15) is 11.3 Å². The Kier molecular flexibility index (Phi) is 5.29. The summed E-state index contributed by atoms with van der Waals surface area (Å²) in [5.41, 5.74) is 6.46. The fourth-order valence-corrected chi connectivity index (χ4v) is 1.33. The highest BCUT2D eigenvalue weighted by atomic mass is 16.5. The predicted molar refractivity (Wildman–Crippen MR) is 64.0 cm³/mol. The number of anilines is 1. The molecule has 0 bridgehead atoms. The van der Waals surface area contributed by atoms with Crippen LogP contribution in [0, 0.1) is 0 Å². The van der Waals surface area contributed by atoms with E-state index in [4.69, 9.17) is 20.3 Å². The van der Waals surface area contributed by atoms with E-state index in [1.165, 1.54) is 7.11 Å². The first-order chi connectivity index (χ1) is 8.19. The summed E-state index contributed by atoms with van der Waals surface area (Å²) in [7, 11) is 1.47. The molecule has 3 N–H and O–H groups in total. The zero-order chi connectivity index (χ0) is 12.7. The number of esters is 1. The van der Waals surface area contributed by atoms with Crippen LogP contribution in [0.1, 0.15) is 23.2 Å². The second kappa shape index (κ2) is 6.75. The Morgan fingerprint density at radius 1 is 1.41 bits per heavy atom. The highest BCUT2D eigenvalue weighted by Crippen LogP contribution is 2.22. The van der Waals surface area contributed by atoms with Gasteiger partial charge in [-0.1, -0.05) is 0 Å². The molecule has 0 heterocycles. The molecule has 0 unspecified atom stereocenters. The fraction of sp³-hybridized carbons (Fsp3) is 0.417. The molecule has 0 amide bonds. The molecule has 1 rings (SSSR count). The lowest BCUT2D eigenvalue weighted by atomic mass is 10.2. The number of carbonyl (C=O) groups excluding carboxylic acids is 1. The van der Waals surface area contributed by atoms with Gasteiger partial charge in [-0.2, -0.15) is 0 Å². The van der Waals surface area contributed by atoms with Crippen LogP contribution >= 0.6 is 0 Å². The maximum absolute atomic E-state index is 11.7. The van der Waals surface area contributed by atoms with E-state index in [1.54, 1.807) is 18.2 Å². The SMILES string of the molecule is COc1cc(N)ccc1C(=O)OCCCCO. The van der Waals surface area contributed by atoms with Crippen molar-refractivity contribution in [3.05, 3.63) is 23.8 Å². The summed E-state index contributed by atoms with van der Waals surface area (Å²) in [6.45, 7) is 0.385. The molecule has 5 heteroatoms. The maximum atomic E-state index is 11.7. The van der Waals surface area contributed by atoms with Crippen LogP contribution in [0.4, 0.5) is 5.69 Å². The first-order valence-corrected chi connectivity index (χ1v) is 5.40. The number of ether oxygens (including phenoxy) is 2. The summed E-state index contributed by atoms with van der Waals surface area (Å²) in [6, 6.07) is 4.76. The molecule has 0 saturated carbocycles. The van der Waals surface area contributed by atoms with Crippen LogP contribution in [0.5, 0.6) is 5.75 Å². The number of aliphatic hydroxyl groups excluding tert-OH is 1. The molecule has 0 atom stereocenters. The van der Waals surface area contributed by atoms with Crippen LogP contribution in [-0.2, 0) is 4.74 Å². The van der Waals surface area contributed by atoms with Gasteiger partial charge in [0, 0.05) is 18.4 Å². The van der Waals surface area contributed by atoms with Crippen molar-refractivity contribution in [1.29, 1.82) is 0 Å². The molecule has 0 spiro atoms. The number of carbonyl (C=O) groups is 1. The Hall–Kier alpha value is -1.75. The first kappa shape index (κ1) is 13.3. The van der Waals surface area contributed by atoms with Gasteiger partial charge in [0.15, 0.2) is 0 Å². The largest absolute Gasteiger partial charge is 0.496 e. The lowest BCUT2D eigenvalue weighted by Gasteiger charge is -2.09. The van der Waals surface area contributed by atoms with Gasteiger partial charge in [-0.15, -0.1) is 0 Å². The van der Waals surface area contributed by atoms with Crippen molar-refractivity contribution >= 4 is 11.7 Å². The van der Waals surface area contributed by atoms with Crippen LogP contribution in [0.25, 0.3) is 0 Å². The molecule has 0 saturated heterocycles. The van der Waals surface area contributed by atoms with Crippen LogP contribution in [-0.4, -0.2) is 31.4 Å². The Morgan fingerprint density at radius 3 is 2.82 bits per heavy atom. The summed E-state index contributed by atoms with van der Waals surface area (Å²) in [4.78, 5) is 11.7. The van der Waals surface area contributed by atoms with E-state index >= 15 is 0 Å². The molecule has 17 heavy (non-hydrogen) atoms. The Bertz CT molecular complexity index is 379. The van der Waals surface area contributed by atoms with E-state index in [1.807, 2.05) is 0 Å². The number of aliphatic hydroxyl groups is 1. The van der Waals surface area contributed by atoms with Crippen molar-refractivity contribution < 1.29 is 19.4 Å². The average molecular weight is 239 g/mol. The van der Waals surface area contributed by atoms with Crippen molar-refractivity contribution in [2.75, 3.05) is 26.1 Å². The number of nitrogens with two attached hydrogens (primary N) is 1. The molecule has 94 valence electrons. The quantitative estimate of drug-likeness (QED) is 0.443. The zero-order valence-corrected chi connectivity index (χ0v) is 9.81. The van der Waals surface area contributed by atoms with Gasteiger partial charge >= 0.3 is 5.97 Å². The van der Waals surface area contributed by atoms with Gasteiger partial charge in [0.2, 0.25) is 0 Å². The lowest BCUT2D eigenvalue weighted by molar-refractivity contribution is 0.0489. The molecule has 1 aromatic rings. The number of hydrogen-bond donors (Lipinski definition) is 2. The molecule has 0 aliphatic heterocycles. The molecule has 5 nitrogen and oxygen atoms in total.